The molecule has 1 fully saturated rings. The molecule has 3 aliphatic rings. The van der Waals surface area contributed by atoms with Crippen LogP contribution < -0.4 is 5.43 Å². The van der Waals surface area contributed by atoms with E-state index in [1.165, 1.54) is 11.1 Å². The molecule has 1 spiro atoms. The summed E-state index contributed by atoms with van der Waals surface area (Å²) >= 11 is 3.46. The first-order valence-corrected chi connectivity index (χ1v) is 7.28. The Balaban J connectivity index is 1.76. The van der Waals surface area contributed by atoms with Gasteiger partial charge in [-0.05, 0) is 42.5 Å². The van der Waals surface area contributed by atoms with E-state index in [9.17, 15) is 4.79 Å². The van der Waals surface area contributed by atoms with Gasteiger partial charge in [0.1, 0.15) is 0 Å². The third-order valence-electron chi connectivity index (χ3n) is 4.54. The fraction of sp³-hybridized carbons (Fsp3) is 0.333. The average molecular weight is 317 g/mol. The molecule has 4 heteroatoms. The Hall–Kier alpha value is -1.42. The summed E-state index contributed by atoms with van der Waals surface area (Å²) in [4.78, 5) is 12.8. The van der Waals surface area contributed by atoms with Crippen LogP contribution in [0.1, 0.15) is 28.8 Å². The second kappa shape index (κ2) is 3.79. The lowest BCUT2D eigenvalue weighted by atomic mass is 9.81. The summed E-state index contributed by atoms with van der Waals surface area (Å²) in [5.74, 6) is 0.649. The van der Waals surface area contributed by atoms with Crippen molar-refractivity contribution in [3.05, 3.63) is 45.6 Å². The van der Waals surface area contributed by atoms with Crippen molar-refractivity contribution in [2.75, 3.05) is 0 Å². The van der Waals surface area contributed by atoms with Crippen molar-refractivity contribution in [2.45, 2.75) is 19.3 Å². The molecule has 0 bridgehead atoms. The lowest BCUT2D eigenvalue weighted by Crippen LogP contribution is -2.24. The molecule has 0 amide bonds. The number of fused-ring (bicyclic) bond motifs is 2. The normalized spacial score (nSPS) is 31.1. The largest absolute Gasteiger partial charge is 0.294 e. The Morgan fingerprint density at radius 2 is 2.26 bits per heavy atom. The molecule has 2 aliphatic carbocycles. The van der Waals surface area contributed by atoms with Gasteiger partial charge in [-0.3, -0.25) is 10.2 Å². The zero-order valence-corrected chi connectivity index (χ0v) is 11.9. The van der Waals surface area contributed by atoms with Crippen molar-refractivity contribution in [1.29, 1.82) is 0 Å². The van der Waals surface area contributed by atoms with Gasteiger partial charge in [0.2, 0.25) is 0 Å². The molecule has 0 radical (unpaired) electrons. The Morgan fingerprint density at radius 3 is 3.11 bits per heavy atom. The van der Waals surface area contributed by atoms with Crippen LogP contribution in [0.5, 0.6) is 0 Å². The zero-order valence-electron chi connectivity index (χ0n) is 10.3. The van der Waals surface area contributed by atoms with Gasteiger partial charge >= 0.3 is 0 Å². The van der Waals surface area contributed by atoms with E-state index in [-0.39, 0.29) is 5.41 Å². The van der Waals surface area contributed by atoms with Crippen molar-refractivity contribution < 1.29 is 4.79 Å². The van der Waals surface area contributed by atoms with Crippen LogP contribution in [0, 0.1) is 11.3 Å². The highest BCUT2D eigenvalue weighted by Gasteiger charge is 2.51. The summed E-state index contributed by atoms with van der Waals surface area (Å²) in [7, 11) is 0. The molecule has 1 saturated carbocycles. The van der Waals surface area contributed by atoms with Gasteiger partial charge in [0.25, 0.3) is 0 Å². The first-order valence-electron chi connectivity index (χ1n) is 6.49. The second-order valence-electron chi connectivity index (χ2n) is 5.70. The van der Waals surface area contributed by atoms with Crippen LogP contribution in [0.3, 0.4) is 0 Å². The van der Waals surface area contributed by atoms with Gasteiger partial charge in [-0.1, -0.05) is 22.0 Å². The monoisotopic (exact) mass is 316 g/mol. The number of ketones is 1. The average Bonchev–Trinajstić information content (AvgIpc) is 2.90. The quantitative estimate of drug-likeness (QED) is 0.799. The van der Waals surface area contributed by atoms with E-state index in [0.29, 0.717) is 11.7 Å². The van der Waals surface area contributed by atoms with Gasteiger partial charge in [0, 0.05) is 33.8 Å². The predicted octanol–water partition coefficient (Wildman–Crippen LogP) is 3.06. The first-order chi connectivity index (χ1) is 9.18. The summed E-state index contributed by atoms with van der Waals surface area (Å²) in [5.41, 5.74) is 6.08. The third kappa shape index (κ3) is 1.56. The van der Waals surface area contributed by atoms with Gasteiger partial charge in [0.15, 0.2) is 5.78 Å². The lowest BCUT2D eigenvalue weighted by molar-refractivity contribution is 0.0827. The molecule has 1 N–H and O–H groups in total. The third-order valence-corrected chi connectivity index (χ3v) is 5.03. The van der Waals surface area contributed by atoms with Gasteiger partial charge in [0.05, 0.1) is 0 Å². The number of hydrogen-bond acceptors (Lipinski definition) is 3. The van der Waals surface area contributed by atoms with Crippen LogP contribution in [0.15, 0.2) is 39.5 Å². The van der Waals surface area contributed by atoms with E-state index in [0.717, 1.165) is 29.3 Å². The minimum Gasteiger partial charge on any atom is -0.294 e. The van der Waals surface area contributed by atoms with Crippen molar-refractivity contribution in [2.24, 2.45) is 16.4 Å². The molecule has 0 saturated heterocycles. The summed E-state index contributed by atoms with van der Waals surface area (Å²) in [6.07, 6.45) is 6.54. The number of benzene rings is 1. The molecule has 1 aromatic rings. The van der Waals surface area contributed by atoms with E-state index >= 15 is 0 Å². The first kappa shape index (κ1) is 11.4. The van der Waals surface area contributed by atoms with Crippen molar-refractivity contribution in [3.63, 3.8) is 0 Å². The number of Topliss-reactive ketones (excluding diaryl/α,β-unsaturated/α-hetero) is 1. The maximum absolute atomic E-state index is 12.8. The highest BCUT2D eigenvalue weighted by molar-refractivity contribution is 9.10. The van der Waals surface area contributed by atoms with Crippen LogP contribution in [0.25, 0.3) is 0 Å². The minimum absolute atomic E-state index is 0.225. The minimum atomic E-state index is -0.225. The Bertz CT molecular complexity index is 650. The number of nitrogens with zero attached hydrogens (tertiary/aromatic N) is 1. The van der Waals surface area contributed by atoms with Crippen molar-refractivity contribution >= 4 is 27.9 Å². The lowest BCUT2D eigenvalue weighted by Gasteiger charge is -2.19. The number of hydrazone groups is 1. The zero-order chi connectivity index (χ0) is 13.0. The van der Waals surface area contributed by atoms with E-state index in [1.54, 1.807) is 0 Å². The summed E-state index contributed by atoms with van der Waals surface area (Å²) in [5, 5.41) is 4.09. The molecule has 4 rings (SSSR count). The number of nitrogens with one attached hydrogen (secondary N) is 1. The molecule has 1 aromatic carbocycles. The highest BCUT2D eigenvalue weighted by Crippen LogP contribution is 2.53. The fourth-order valence-electron chi connectivity index (χ4n) is 3.66. The maximum Gasteiger partial charge on any atom is 0.170 e. The molecule has 96 valence electrons. The maximum atomic E-state index is 12.8. The Morgan fingerprint density at radius 1 is 1.37 bits per heavy atom. The van der Waals surface area contributed by atoms with Crippen LogP contribution in [-0.2, 0) is 6.42 Å². The Labute approximate surface area is 119 Å². The van der Waals surface area contributed by atoms with Crippen molar-refractivity contribution in [1.82, 2.24) is 5.43 Å². The molecular weight excluding hydrogens is 304 g/mol. The van der Waals surface area contributed by atoms with E-state index < -0.39 is 0 Å². The van der Waals surface area contributed by atoms with Crippen LogP contribution in [-0.4, -0.2) is 12.0 Å². The molecule has 19 heavy (non-hydrogen) atoms. The summed E-state index contributed by atoms with van der Waals surface area (Å²) in [6.45, 7) is 0. The van der Waals surface area contributed by atoms with E-state index in [4.69, 9.17) is 0 Å². The van der Waals surface area contributed by atoms with Gasteiger partial charge in [-0.25, -0.2) is 0 Å². The fourth-order valence-corrected chi connectivity index (χ4v) is 4.02. The molecule has 1 heterocycles. The molecule has 2 unspecified atom stereocenters. The van der Waals surface area contributed by atoms with Crippen LogP contribution in [0.4, 0.5) is 0 Å². The number of hydrogen-bond donors (Lipinski definition) is 1. The van der Waals surface area contributed by atoms with E-state index in [1.807, 2.05) is 24.5 Å². The molecule has 3 nitrogen and oxygen atoms in total. The topological polar surface area (TPSA) is 41.5 Å². The molecule has 0 aromatic heterocycles. The number of rotatable bonds is 0. The summed E-state index contributed by atoms with van der Waals surface area (Å²) in [6, 6.07) is 6.07. The predicted molar refractivity (Wildman–Crippen MR) is 77.0 cm³/mol. The van der Waals surface area contributed by atoms with Gasteiger partial charge < -0.3 is 0 Å². The van der Waals surface area contributed by atoms with Gasteiger partial charge in [-0.15, -0.1) is 0 Å². The molecule has 2 atom stereocenters. The van der Waals surface area contributed by atoms with Crippen LogP contribution in [0.2, 0.25) is 0 Å². The standard InChI is InChI=1S/C15H13BrN2O/c16-12-2-1-9-4-15(14(19)13(9)3-12)5-10-7-17-18-8-11(10)6-15/h1-3,7-8,10,18H,4-6H2. The van der Waals surface area contributed by atoms with E-state index in [2.05, 4.69) is 32.5 Å². The molecular formula is C15H13BrN2O. The number of allylic oxidation sites excluding steroid dienone is 1. The Kier molecular flexibility index (Phi) is 2.28. The highest BCUT2D eigenvalue weighted by atomic mass is 79.9. The number of carbonyl (C=O) groups excluding carboxylic acids is 1. The SMILES string of the molecule is O=C1c2cc(Br)ccc2CC12CC1=CNN=CC1C2. The second-order valence-corrected chi connectivity index (χ2v) is 6.62. The number of carbonyl (C=O) groups is 1. The smallest absolute Gasteiger partial charge is 0.170 e. The summed E-state index contributed by atoms with van der Waals surface area (Å²) < 4.78 is 0.981. The number of halogens is 1. The van der Waals surface area contributed by atoms with Crippen LogP contribution >= 0.6 is 15.9 Å². The van der Waals surface area contributed by atoms with Gasteiger partial charge in [-0.2, -0.15) is 5.10 Å². The van der Waals surface area contributed by atoms with Crippen molar-refractivity contribution in [3.8, 4) is 0 Å². The molecule has 1 aliphatic heterocycles.